The van der Waals surface area contributed by atoms with Gasteiger partial charge in [0.25, 0.3) is 11.8 Å². The molecule has 4 rings (SSSR count). The Balaban J connectivity index is 1.49. The Kier molecular flexibility index (Phi) is 5.23. The molecule has 3 aliphatic rings. The largest absolute Gasteiger partial charge is 0.316 e. The van der Waals surface area contributed by atoms with Gasteiger partial charge in [-0.25, -0.2) is 0 Å². The first-order chi connectivity index (χ1) is 13.6. The van der Waals surface area contributed by atoms with Gasteiger partial charge in [0.15, 0.2) is 0 Å². The summed E-state index contributed by atoms with van der Waals surface area (Å²) >= 11 is 0. The molecule has 2 unspecified atom stereocenters. The van der Waals surface area contributed by atoms with Crippen LogP contribution in [0.25, 0.3) is 0 Å². The molecule has 1 aromatic rings. The lowest BCUT2D eigenvalue weighted by molar-refractivity contribution is -0.136. The summed E-state index contributed by atoms with van der Waals surface area (Å²) in [5.74, 6) is -1.32. The first-order valence-corrected chi connectivity index (χ1v) is 9.81. The predicted octanol–water partition coefficient (Wildman–Crippen LogP) is 0.177. The Labute approximate surface area is 163 Å². The topological polar surface area (TPSA) is 108 Å². The summed E-state index contributed by atoms with van der Waals surface area (Å²) in [6.07, 6.45) is 2.63. The molecule has 3 N–H and O–H groups in total. The van der Waals surface area contributed by atoms with Crippen LogP contribution in [-0.2, 0) is 16.1 Å². The Morgan fingerprint density at radius 1 is 1.11 bits per heavy atom. The number of benzene rings is 1. The fraction of sp³-hybridized carbons (Fsp3) is 0.500. The van der Waals surface area contributed by atoms with Crippen molar-refractivity contribution in [2.45, 2.75) is 38.3 Å². The molecular formula is C20H24N4O4. The molecule has 0 aliphatic carbocycles. The van der Waals surface area contributed by atoms with E-state index in [0.29, 0.717) is 23.6 Å². The highest BCUT2D eigenvalue weighted by Gasteiger charge is 2.45. The van der Waals surface area contributed by atoms with Crippen LogP contribution in [0.2, 0.25) is 0 Å². The standard InChI is InChI=1S/C20H24N4O4/c25-16-7-6-15(18(26)23-16)24-19(27)14-5-1-4-13(17(14)20(24)28)11-22-10-12-3-2-8-21-9-12/h1,4-5,12,15,21-22H,2-3,6-11H2,(H,23,25,26). The maximum atomic E-state index is 13.0. The predicted molar refractivity (Wildman–Crippen MR) is 100 cm³/mol. The van der Waals surface area contributed by atoms with Crippen molar-refractivity contribution in [3.8, 4) is 0 Å². The summed E-state index contributed by atoms with van der Waals surface area (Å²) in [5, 5.41) is 9.00. The van der Waals surface area contributed by atoms with Crippen LogP contribution in [0.1, 0.15) is 52.0 Å². The van der Waals surface area contributed by atoms with Gasteiger partial charge in [0.1, 0.15) is 6.04 Å². The van der Waals surface area contributed by atoms with Crippen LogP contribution in [0.15, 0.2) is 18.2 Å². The molecule has 3 heterocycles. The highest BCUT2D eigenvalue weighted by Crippen LogP contribution is 2.29. The fourth-order valence-electron chi connectivity index (χ4n) is 4.24. The van der Waals surface area contributed by atoms with Gasteiger partial charge in [-0.1, -0.05) is 12.1 Å². The number of rotatable bonds is 5. The highest BCUT2D eigenvalue weighted by molar-refractivity contribution is 6.24. The SMILES string of the molecule is O=C1CCC(N2C(=O)c3cccc(CNCC4CCCNC4)c3C2=O)C(=O)N1. The van der Waals surface area contributed by atoms with Crippen molar-refractivity contribution < 1.29 is 19.2 Å². The van der Waals surface area contributed by atoms with E-state index in [1.165, 1.54) is 12.8 Å². The molecule has 0 aromatic heterocycles. The van der Waals surface area contributed by atoms with Crippen molar-refractivity contribution >= 4 is 23.6 Å². The second kappa shape index (κ2) is 7.81. The Bertz CT molecular complexity index is 831. The van der Waals surface area contributed by atoms with Crippen molar-refractivity contribution in [3.63, 3.8) is 0 Å². The van der Waals surface area contributed by atoms with E-state index >= 15 is 0 Å². The molecule has 148 valence electrons. The van der Waals surface area contributed by atoms with Gasteiger partial charge < -0.3 is 10.6 Å². The third kappa shape index (κ3) is 3.45. The van der Waals surface area contributed by atoms with Crippen molar-refractivity contribution in [3.05, 3.63) is 34.9 Å². The van der Waals surface area contributed by atoms with Crippen molar-refractivity contribution in [2.24, 2.45) is 5.92 Å². The summed E-state index contributed by atoms with van der Waals surface area (Å²) in [5.41, 5.74) is 1.45. The van der Waals surface area contributed by atoms with Gasteiger partial charge in [0, 0.05) is 13.0 Å². The lowest BCUT2D eigenvalue weighted by Crippen LogP contribution is -2.54. The van der Waals surface area contributed by atoms with Gasteiger partial charge in [-0.15, -0.1) is 0 Å². The number of imide groups is 2. The molecule has 1 aromatic carbocycles. The molecule has 2 saturated heterocycles. The van der Waals surface area contributed by atoms with Gasteiger partial charge in [-0.3, -0.25) is 29.4 Å². The summed E-state index contributed by atoms with van der Waals surface area (Å²) in [4.78, 5) is 50.4. The molecule has 4 amide bonds. The number of piperidine rings is 2. The monoisotopic (exact) mass is 384 g/mol. The highest BCUT2D eigenvalue weighted by atomic mass is 16.2. The molecule has 8 heteroatoms. The van der Waals surface area contributed by atoms with E-state index in [1.807, 2.05) is 6.07 Å². The zero-order valence-electron chi connectivity index (χ0n) is 15.6. The lowest BCUT2D eigenvalue weighted by atomic mass is 9.99. The number of carbonyl (C=O) groups excluding carboxylic acids is 4. The van der Waals surface area contributed by atoms with Crippen molar-refractivity contribution in [1.82, 2.24) is 20.9 Å². The molecule has 28 heavy (non-hydrogen) atoms. The number of fused-ring (bicyclic) bond motifs is 1. The summed E-state index contributed by atoms with van der Waals surface area (Å²) < 4.78 is 0. The number of hydrogen-bond donors (Lipinski definition) is 3. The van der Waals surface area contributed by atoms with Crippen LogP contribution in [0.5, 0.6) is 0 Å². The third-order valence-corrected chi connectivity index (χ3v) is 5.70. The maximum Gasteiger partial charge on any atom is 0.262 e. The molecule has 2 fully saturated rings. The first-order valence-electron chi connectivity index (χ1n) is 9.81. The minimum atomic E-state index is -0.931. The molecular weight excluding hydrogens is 360 g/mol. The van der Waals surface area contributed by atoms with E-state index in [4.69, 9.17) is 0 Å². The Morgan fingerprint density at radius 3 is 2.71 bits per heavy atom. The quantitative estimate of drug-likeness (QED) is 0.625. The van der Waals surface area contributed by atoms with E-state index < -0.39 is 23.8 Å². The average molecular weight is 384 g/mol. The Hall–Kier alpha value is -2.58. The zero-order valence-corrected chi connectivity index (χ0v) is 15.6. The van der Waals surface area contributed by atoms with Crippen LogP contribution in [0, 0.1) is 5.92 Å². The molecule has 0 radical (unpaired) electrons. The van der Waals surface area contributed by atoms with Crippen LogP contribution < -0.4 is 16.0 Å². The van der Waals surface area contributed by atoms with E-state index in [1.54, 1.807) is 12.1 Å². The van der Waals surface area contributed by atoms with Crippen molar-refractivity contribution in [1.29, 1.82) is 0 Å². The van der Waals surface area contributed by atoms with Crippen LogP contribution in [-0.4, -0.2) is 54.2 Å². The molecule has 8 nitrogen and oxygen atoms in total. The van der Waals surface area contributed by atoms with E-state index in [2.05, 4.69) is 16.0 Å². The molecule has 0 saturated carbocycles. The number of nitrogens with zero attached hydrogens (tertiary/aromatic N) is 1. The third-order valence-electron chi connectivity index (χ3n) is 5.70. The normalized spacial score (nSPS) is 25.1. The first kappa shape index (κ1) is 18.8. The number of nitrogens with one attached hydrogen (secondary N) is 3. The summed E-state index contributed by atoms with van der Waals surface area (Å²) in [6.45, 7) is 3.38. The summed E-state index contributed by atoms with van der Waals surface area (Å²) in [7, 11) is 0. The van der Waals surface area contributed by atoms with Gasteiger partial charge >= 0.3 is 0 Å². The van der Waals surface area contributed by atoms with Crippen LogP contribution >= 0.6 is 0 Å². The minimum Gasteiger partial charge on any atom is -0.316 e. The lowest BCUT2D eigenvalue weighted by Gasteiger charge is -2.27. The van der Waals surface area contributed by atoms with Gasteiger partial charge in [-0.05, 0) is 56.4 Å². The molecule has 0 bridgehead atoms. The molecule has 2 atom stereocenters. The molecule has 3 aliphatic heterocycles. The fourth-order valence-corrected chi connectivity index (χ4v) is 4.24. The van der Waals surface area contributed by atoms with Crippen LogP contribution in [0.4, 0.5) is 0 Å². The van der Waals surface area contributed by atoms with Gasteiger partial charge in [0.2, 0.25) is 11.8 Å². The van der Waals surface area contributed by atoms with Gasteiger partial charge in [-0.2, -0.15) is 0 Å². The van der Waals surface area contributed by atoms with E-state index in [0.717, 1.165) is 30.1 Å². The van der Waals surface area contributed by atoms with E-state index in [9.17, 15) is 19.2 Å². The second-order valence-electron chi connectivity index (χ2n) is 7.63. The van der Waals surface area contributed by atoms with Crippen molar-refractivity contribution in [2.75, 3.05) is 19.6 Å². The summed E-state index contributed by atoms with van der Waals surface area (Å²) in [6, 6.07) is 4.29. The van der Waals surface area contributed by atoms with Gasteiger partial charge in [0.05, 0.1) is 11.1 Å². The maximum absolute atomic E-state index is 13.0. The number of hydrogen-bond acceptors (Lipinski definition) is 6. The molecule has 0 spiro atoms. The average Bonchev–Trinajstić information content (AvgIpc) is 2.94. The van der Waals surface area contributed by atoms with E-state index in [-0.39, 0.29) is 18.7 Å². The minimum absolute atomic E-state index is 0.119. The second-order valence-corrected chi connectivity index (χ2v) is 7.63. The number of carbonyl (C=O) groups is 4. The zero-order chi connectivity index (χ0) is 19.7. The smallest absolute Gasteiger partial charge is 0.262 e. The Morgan fingerprint density at radius 2 is 1.96 bits per heavy atom. The number of amides is 4. The van der Waals surface area contributed by atoms with Crippen LogP contribution in [0.3, 0.4) is 0 Å².